The lowest BCUT2D eigenvalue weighted by Gasteiger charge is -2.12. The number of rotatable bonds is 7. The van der Waals surface area contributed by atoms with Gasteiger partial charge in [0.25, 0.3) is 5.91 Å². The van der Waals surface area contributed by atoms with Crippen LogP contribution in [-0.2, 0) is 9.53 Å². The van der Waals surface area contributed by atoms with E-state index >= 15 is 0 Å². The Labute approximate surface area is 179 Å². The summed E-state index contributed by atoms with van der Waals surface area (Å²) >= 11 is 0. The van der Waals surface area contributed by atoms with Gasteiger partial charge >= 0.3 is 5.97 Å². The molecule has 0 aliphatic heterocycles. The number of carbonyl (C=O) groups is 2. The van der Waals surface area contributed by atoms with Gasteiger partial charge in [-0.25, -0.2) is 13.6 Å². The highest BCUT2D eigenvalue weighted by Crippen LogP contribution is 2.27. The first-order valence-corrected chi connectivity index (χ1v) is 9.91. The van der Waals surface area contributed by atoms with Crippen molar-refractivity contribution in [3.63, 3.8) is 0 Å². The van der Waals surface area contributed by atoms with Gasteiger partial charge in [-0.2, -0.15) is 0 Å². The summed E-state index contributed by atoms with van der Waals surface area (Å²) in [5, 5.41) is 2.61. The van der Waals surface area contributed by atoms with E-state index in [4.69, 9.17) is 9.47 Å². The maximum Gasteiger partial charge on any atom is 0.344 e. The Hall–Kier alpha value is -3.48. The predicted molar refractivity (Wildman–Crippen MR) is 114 cm³/mol. The zero-order valence-corrected chi connectivity index (χ0v) is 17.3. The molecule has 0 saturated heterocycles. The van der Waals surface area contributed by atoms with Crippen molar-refractivity contribution in [1.29, 1.82) is 0 Å². The SMILES string of the molecule is CC(C)OC(=O)COc1cccc(NC(=O)c2cc(C3=CCCC(F)=C3)ccc2F)c1. The van der Waals surface area contributed by atoms with E-state index in [1.165, 1.54) is 30.3 Å². The average molecular weight is 427 g/mol. The van der Waals surface area contributed by atoms with Crippen LogP contribution < -0.4 is 10.1 Å². The van der Waals surface area contributed by atoms with Crippen molar-refractivity contribution < 1.29 is 27.8 Å². The van der Waals surface area contributed by atoms with Crippen molar-refractivity contribution in [1.82, 2.24) is 0 Å². The van der Waals surface area contributed by atoms with Crippen molar-refractivity contribution in [3.8, 4) is 5.75 Å². The van der Waals surface area contributed by atoms with Crippen molar-refractivity contribution in [2.24, 2.45) is 0 Å². The lowest BCUT2D eigenvalue weighted by molar-refractivity contribution is -0.149. The van der Waals surface area contributed by atoms with Crippen molar-refractivity contribution in [3.05, 3.63) is 77.4 Å². The number of allylic oxidation sites excluding steroid dienone is 4. The van der Waals surface area contributed by atoms with Gasteiger partial charge in [-0.15, -0.1) is 0 Å². The summed E-state index contributed by atoms with van der Waals surface area (Å²) in [5.41, 5.74) is 1.38. The molecule has 0 aromatic heterocycles. The van der Waals surface area contributed by atoms with E-state index in [1.54, 1.807) is 32.0 Å². The van der Waals surface area contributed by atoms with Gasteiger partial charge in [-0.3, -0.25) is 4.79 Å². The normalized spacial score (nSPS) is 13.3. The van der Waals surface area contributed by atoms with E-state index in [-0.39, 0.29) is 24.1 Å². The molecule has 0 heterocycles. The third-order valence-electron chi connectivity index (χ3n) is 4.42. The number of esters is 1. The van der Waals surface area contributed by atoms with Crippen molar-refractivity contribution >= 4 is 23.1 Å². The second kappa shape index (κ2) is 10.0. The molecule has 0 unspecified atom stereocenters. The fraction of sp³-hybridized carbons (Fsp3) is 0.250. The summed E-state index contributed by atoms with van der Waals surface area (Å²) in [6.07, 6.45) is 3.88. The van der Waals surface area contributed by atoms with Crippen LogP contribution >= 0.6 is 0 Å². The largest absolute Gasteiger partial charge is 0.482 e. The molecular weight excluding hydrogens is 404 g/mol. The minimum Gasteiger partial charge on any atom is -0.482 e. The highest BCUT2D eigenvalue weighted by Gasteiger charge is 2.16. The molecule has 1 aliphatic rings. The van der Waals surface area contributed by atoms with Crippen LogP contribution in [0.2, 0.25) is 0 Å². The fourth-order valence-electron chi connectivity index (χ4n) is 3.05. The van der Waals surface area contributed by atoms with Crippen LogP contribution in [-0.4, -0.2) is 24.6 Å². The molecule has 2 aromatic rings. The summed E-state index contributed by atoms with van der Waals surface area (Å²) in [6, 6.07) is 10.5. The number of anilines is 1. The summed E-state index contributed by atoms with van der Waals surface area (Å²) in [7, 11) is 0. The lowest BCUT2D eigenvalue weighted by atomic mass is 9.97. The van der Waals surface area contributed by atoms with Gasteiger partial charge in [-0.05, 0) is 61.7 Å². The quantitative estimate of drug-likeness (QED) is 0.598. The van der Waals surface area contributed by atoms with Crippen LogP contribution in [0.4, 0.5) is 14.5 Å². The molecule has 5 nitrogen and oxygen atoms in total. The Bertz CT molecular complexity index is 1040. The van der Waals surface area contributed by atoms with Gasteiger partial charge in [0.15, 0.2) is 6.61 Å². The minimum absolute atomic E-state index is 0.162. The smallest absolute Gasteiger partial charge is 0.344 e. The summed E-state index contributed by atoms with van der Waals surface area (Å²) in [5.74, 6) is -1.75. The monoisotopic (exact) mass is 427 g/mol. The van der Waals surface area contributed by atoms with E-state index in [0.717, 1.165) is 0 Å². The highest BCUT2D eigenvalue weighted by atomic mass is 19.1. The van der Waals surface area contributed by atoms with Gasteiger partial charge in [0.2, 0.25) is 0 Å². The molecule has 162 valence electrons. The number of ether oxygens (including phenoxy) is 2. The summed E-state index contributed by atoms with van der Waals surface area (Å²) < 4.78 is 38.3. The van der Waals surface area contributed by atoms with E-state index in [9.17, 15) is 18.4 Å². The van der Waals surface area contributed by atoms with E-state index < -0.39 is 17.7 Å². The zero-order chi connectivity index (χ0) is 22.4. The molecule has 31 heavy (non-hydrogen) atoms. The third kappa shape index (κ3) is 6.25. The standard InChI is InChI=1S/C24H23F2NO4/c1-15(2)31-23(28)14-30-20-8-4-7-19(13-20)27-24(29)21-12-17(9-10-22(21)26)16-5-3-6-18(25)11-16/h4-5,7-13,15H,3,6,14H2,1-2H3,(H,27,29). The van der Waals surface area contributed by atoms with E-state index in [2.05, 4.69) is 5.32 Å². The van der Waals surface area contributed by atoms with E-state index in [1.807, 2.05) is 6.08 Å². The molecule has 1 N–H and O–H groups in total. The lowest BCUT2D eigenvalue weighted by Crippen LogP contribution is -2.19. The Balaban J connectivity index is 1.71. The minimum atomic E-state index is -0.689. The number of nitrogens with one attached hydrogen (secondary N) is 1. The molecule has 3 rings (SSSR count). The topological polar surface area (TPSA) is 64.6 Å². The zero-order valence-electron chi connectivity index (χ0n) is 17.3. The third-order valence-corrected chi connectivity index (χ3v) is 4.42. The number of carbonyl (C=O) groups excluding carboxylic acids is 2. The van der Waals surface area contributed by atoms with Crippen molar-refractivity contribution in [2.45, 2.75) is 32.8 Å². The molecule has 0 radical (unpaired) electrons. The molecule has 0 spiro atoms. The maximum absolute atomic E-state index is 14.3. The average Bonchev–Trinajstić information content (AvgIpc) is 2.72. The fourth-order valence-corrected chi connectivity index (χ4v) is 3.05. The van der Waals surface area contributed by atoms with Gasteiger partial charge in [0.05, 0.1) is 11.7 Å². The second-order valence-electron chi connectivity index (χ2n) is 7.29. The van der Waals surface area contributed by atoms with Crippen LogP contribution in [0.25, 0.3) is 5.57 Å². The summed E-state index contributed by atoms with van der Waals surface area (Å²) in [4.78, 5) is 24.3. The first-order chi connectivity index (χ1) is 14.8. The molecule has 0 fully saturated rings. The number of hydrogen-bond donors (Lipinski definition) is 1. The number of halogens is 2. The Kier molecular flexibility index (Phi) is 7.18. The van der Waals surface area contributed by atoms with Crippen LogP contribution in [0, 0.1) is 5.82 Å². The first-order valence-electron chi connectivity index (χ1n) is 9.91. The molecular formula is C24H23F2NO4. The van der Waals surface area contributed by atoms with Crippen LogP contribution in [0.15, 0.2) is 60.4 Å². The maximum atomic E-state index is 14.3. The summed E-state index contributed by atoms with van der Waals surface area (Å²) in [6.45, 7) is 3.20. The van der Waals surface area contributed by atoms with Crippen LogP contribution in [0.3, 0.4) is 0 Å². The molecule has 0 bridgehead atoms. The first kappa shape index (κ1) is 22.2. The predicted octanol–water partition coefficient (Wildman–Crippen LogP) is 5.44. The van der Waals surface area contributed by atoms with Crippen LogP contribution in [0.5, 0.6) is 5.75 Å². The van der Waals surface area contributed by atoms with Gasteiger partial charge in [0.1, 0.15) is 17.4 Å². The van der Waals surface area contributed by atoms with Crippen LogP contribution in [0.1, 0.15) is 42.6 Å². The number of hydrogen-bond acceptors (Lipinski definition) is 4. The Morgan fingerprint density at radius 2 is 1.94 bits per heavy atom. The van der Waals surface area contributed by atoms with Crippen molar-refractivity contribution in [2.75, 3.05) is 11.9 Å². The molecule has 7 heteroatoms. The molecule has 2 aromatic carbocycles. The Morgan fingerprint density at radius 3 is 2.68 bits per heavy atom. The van der Waals surface area contributed by atoms with Gasteiger partial charge < -0.3 is 14.8 Å². The van der Waals surface area contributed by atoms with Gasteiger partial charge in [-0.1, -0.05) is 18.2 Å². The molecule has 1 aliphatic carbocycles. The molecule has 0 saturated carbocycles. The molecule has 1 amide bonds. The Morgan fingerprint density at radius 1 is 1.13 bits per heavy atom. The molecule has 0 atom stereocenters. The number of benzene rings is 2. The van der Waals surface area contributed by atoms with Gasteiger partial charge in [0, 0.05) is 18.2 Å². The number of amides is 1. The highest BCUT2D eigenvalue weighted by molar-refractivity contribution is 6.05. The van der Waals surface area contributed by atoms with E-state index in [0.29, 0.717) is 35.4 Å². The second-order valence-corrected chi connectivity index (χ2v) is 7.29.